The number of carbonyl (C=O) groups is 1. The highest BCUT2D eigenvalue weighted by Crippen LogP contribution is 2.52. The van der Waals surface area contributed by atoms with Crippen LogP contribution < -0.4 is 0 Å². The van der Waals surface area contributed by atoms with Crippen molar-refractivity contribution in [3.8, 4) is 0 Å². The molecule has 1 aliphatic carbocycles. The Hall–Kier alpha value is -0.240. The molecule has 1 saturated heterocycles. The highest BCUT2D eigenvalue weighted by Gasteiger charge is 2.52. The van der Waals surface area contributed by atoms with Gasteiger partial charge in [-0.3, -0.25) is 4.79 Å². The first-order valence-corrected chi connectivity index (χ1v) is 6.46. The molecule has 0 aromatic rings. The summed E-state index contributed by atoms with van der Waals surface area (Å²) in [5.41, 5.74) is 0.241. The number of hydrogen-bond donors (Lipinski definition) is 0. The van der Waals surface area contributed by atoms with Crippen LogP contribution in [0, 0.1) is 11.3 Å². The molecule has 2 rings (SSSR count). The van der Waals surface area contributed by atoms with Crippen LogP contribution in [0.15, 0.2) is 0 Å². The predicted octanol–water partition coefficient (Wildman–Crippen LogP) is 2.65. The number of alkyl halides is 1. The van der Waals surface area contributed by atoms with E-state index >= 15 is 0 Å². The Kier molecular flexibility index (Phi) is 2.98. The number of halogens is 1. The molecule has 0 spiro atoms. The van der Waals surface area contributed by atoms with Crippen LogP contribution in [-0.4, -0.2) is 29.3 Å². The molecule has 2 atom stereocenters. The monoisotopic (exact) mass is 229 g/mol. The number of likely N-dealkylation sites (tertiary alicyclic amines) is 1. The fourth-order valence-corrected chi connectivity index (χ4v) is 2.86. The first kappa shape index (κ1) is 11.3. The third-order valence-electron chi connectivity index (χ3n) is 3.90. The summed E-state index contributed by atoms with van der Waals surface area (Å²) >= 11 is 5.92. The van der Waals surface area contributed by atoms with E-state index in [4.69, 9.17) is 11.6 Å². The van der Waals surface area contributed by atoms with E-state index in [9.17, 15) is 4.79 Å². The van der Waals surface area contributed by atoms with Gasteiger partial charge in [0.1, 0.15) is 0 Å². The number of carbonyl (C=O) groups excluding carboxylic acids is 1. The Balaban J connectivity index is 1.99. The molecule has 1 saturated carbocycles. The summed E-state index contributed by atoms with van der Waals surface area (Å²) in [6.07, 6.45) is 4.50. The van der Waals surface area contributed by atoms with Crippen molar-refractivity contribution in [3.63, 3.8) is 0 Å². The summed E-state index contributed by atoms with van der Waals surface area (Å²) in [4.78, 5) is 14.3. The molecule has 0 aromatic heterocycles. The summed E-state index contributed by atoms with van der Waals surface area (Å²) < 4.78 is 0. The molecule has 86 valence electrons. The van der Waals surface area contributed by atoms with E-state index in [1.807, 2.05) is 4.90 Å². The van der Waals surface area contributed by atoms with Crippen LogP contribution in [0.2, 0.25) is 0 Å². The summed E-state index contributed by atoms with van der Waals surface area (Å²) in [7, 11) is 0. The van der Waals surface area contributed by atoms with Gasteiger partial charge in [-0.25, -0.2) is 0 Å². The van der Waals surface area contributed by atoms with Crippen molar-refractivity contribution >= 4 is 17.5 Å². The molecular formula is C12H20ClNO. The Labute approximate surface area is 97.0 Å². The average molecular weight is 230 g/mol. The van der Waals surface area contributed by atoms with Crippen molar-refractivity contribution in [2.75, 3.05) is 12.4 Å². The molecule has 0 bridgehead atoms. The SMILES string of the molecule is CC1(C)CC1C(=O)N1CCCCC1CCl. The van der Waals surface area contributed by atoms with Gasteiger partial charge in [0, 0.05) is 24.4 Å². The van der Waals surface area contributed by atoms with E-state index in [1.54, 1.807) is 0 Å². The van der Waals surface area contributed by atoms with Gasteiger partial charge in [0.15, 0.2) is 0 Å². The lowest BCUT2D eigenvalue weighted by Crippen LogP contribution is -2.45. The molecule has 1 aliphatic heterocycles. The van der Waals surface area contributed by atoms with Gasteiger partial charge in [0.25, 0.3) is 0 Å². The molecule has 2 aliphatic rings. The van der Waals surface area contributed by atoms with Crippen LogP contribution in [-0.2, 0) is 4.79 Å². The van der Waals surface area contributed by atoms with Crippen molar-refractivity contribution in [3.05, 3.63) is 0 Å². The van der Waals surface area contributed by atoms with Crippen molar-refractivity contribution in [1.29, 1.82) is 0 Å². The zero-order chi connectivity index (χ0) is 11.1. The van der Waals surface area contributed by atoms with E-state index in [2.05, 4.69) is 13.8 Å². The van der Waals surface area contributed by atoms with Gasteiger partial charge in [-0.05, 0) is 31.1 Å². The second kappa shape index (κ2) is 3.97. The maximum Gasteiger partial charge on any atom is 0.226 e. The Morgan fingerprint density at radius 1 is 1.47 bits per heavy atom. The lowest BCUT2D eigenvalue weighted by atomic mass is 10.0. The highest BCUT2D eigenvalue weighted by molar-refractivity contribution is 6.18. The Morgan fingerprint density at radius 2 is 2.13 bits per heavy atom. The van der Waals surface area contributed by atoms with Gasteiger partial charge in [-0.2, -0.15) is 0 Å². The van der Waals surface area contributed by atoms with Crippen LogP contribution in [0.5, 0.6) is 0 Å². The van der Waals surface area contributed by atoms with Crippen molar-refractivity contribution in [1.82, 2.24) is 4.90 Å². The fraction of sp³-hybridized carbons (Fsp3) is 0.917. The van der Waals surface area contributed by atoms with Gasteiger partial charge >= 0.3 is 0 Å². The van der Waals surface area contributed by atoms with Gasteiger partial charge in [0.05, 0.1) is 0 Å². The number of hydrogen-bond acceptors (Lipinski definition) is 1. The van der Waals surface area contributed by atoms with Gasteiger partial charge in [-0.1, -0.05) is 13.8 Å². The molecule has 1 heterocycles. The van der Waals surface area contributed by atoms with E-state index in [-0.39, 0.29) is 11.3 Å². The number of nitrogens with zero attached hydrogens (tertiary/aromatic N) is 1. The zero-order valence-electron chi connectivity index (χ0n) is 9.63. The highest BCUT2D eigenvalue weighted by atomic mass is 35.5. The topological polar surface area (TPSA) is 20.3 Å². The first-order chi connectivity index (χ1) is 7.06. The maximum absolute atomic E-state index is 12.2. The summed E-state index contributed by atoms with van der Waals surface area (Å²) in [6.45, 7) is 5.27. The molecular weight excluding hydrogens is 210 g/mol. The normalized spacial score (nSPS) is 33.9. The lowest BCUT2D eigenvalue weighted by molar-refractivity contribution is -0.136. The van der Waals surface area contributed by atoms with Crippen LogP contribution in [0.3, 0.4) is 0 Å². The number of rotatable bonds is 2. The smallest absolute Gasteiger partial charge is 0.226 e. The zero-order valence-corrected chi connectivity index (χ0v) is 10.4. The quantitative estimate of drug-likeness (QED) is 0.667. The summed E-state index contributed by atoms with van der Waals surface area (Å²) in [6, 6.07) is 0.296. The van der Waals surface area contributed by atoms with Crippen LogP contribution in [0.4, 0.5) is 0 Å². The molecule has 2 fully saturated rings. The Bertz CT molecular complexity index is 264. The lowest BCUT2D eigenvalue weighted by Gasteiger charge is -2.35. The molecule has 3 heteroatoms. The average Bonchev–Trinajstić information content (AvgIpc) is 2.86. The van der Waals surface area contributed by atoms with Crippen LogP contribution >= 0.6 is 11.6 Å². The maximum atomic E-state index is 12.2. The van der Waals surface area contributed by atoms with Crippen molar-refractivity contribution < 1.29 is 4.79 Å². The third kappa shape index (κ3) is 2.15. The largest absolute Gasteiger partial charge is 0.338 e. The molecule has 0 radical (unpaired) electrons. The number of amides is 1. The van der Waals surface area contributed by atoms with Crippen LogP contribution in [0.25, 0.3) is 0 Å². The van der Waals surface area contributed by atoms with Gasteiger partial charge < -0.3 is 4.90 Å². The first-order valence-electron chi connectivity index (χ1n) is 5.93. The van der Waals surface area contributed by atoms with Crippen LogP contribution in [0.1, 0.15) is 39.5 Å². The molecule has 2 unspecified atom stereocenters. The summed E-state index contributed by atoms with van der Waals surface area (Å²) in [5.74, 6) is 1.21. The minimum atomic E-state index is 0.241. The summed E-state index contributed by atoms with van der Waals surface area (Å²) in [5, 5.41) is 0. The molecule has 0 aromatic carbocycles. The Morgan fingerprint density at radius 3 is 2.67 bits per heavy atom. The minimum absolute atomic E-state index is 0.241. The second-order valence-electron chi connectivity index (χ2n) is 5.58. The molecule has 1 amide bonds. The molecule has 15 heavy (non-hydrogen) atoms. The minimum Gasteiger partial charge on any atom is -0.338 e. The molecule has 0 N–H and O–H groups in total. The number of piperidine rings is 1. The van der Waals surface area contributed by atoms with E-state index in [0.717, 1.165) is 25.8 Å². The van der Waals surface area contributed by atoms with Crippen molar-refractivity contribution in [2.24, 2.45) is 11.3 Å². The van der Waals surface area contributed by atoms with E-state index in [0.29, 0.717) is 17.8 Å². The predicted molar refractivity (Wildman–Crippen MR) is 62.0 cm³/mol. The molecule has 2 nitrogen and oxygen atoms in total. The fourth-order valence-electron chi connectivity index (χ4n) is 2.54. The van der Waals surface area contributed by atoms with Gasteiger partial charge in [-0.15, -0.1) is 11.6 Å². The standard InChI is InChI=1S/C12H20ClNO/c1-12(2)7-10(12)11(15)14-6-4-3-5-9(14)8-13/h9-10H,3-8H2,1-2H3. The van der Waals surface area contributed by atoms with E-state index in [1.165, 1.54) is 6.42 Å². The van der Waals surface area contributed by atoms with Crippen molar-refractivity contribution in [2.45, 2.75) is 45.6 Å². The van der Waals surface area contributed by atoms with Gasteiger partial charge in [0.2, 0.25) is 5.91 Å². The second-order valence-corrected chi connectivity index (χ2v) is 5.89. The third-order valence-corrected chi connectivity index (χ3v) is 4.26. The van der Waals surface area contributed by atoms with E-state index < -0.39 is 0 Å².